The Morgan fingerprint density at radius 3 is 2.65 bits per heavy atom. The van der Waals surface area contributed by atoms with E-state index in [4.69, 9.17) is 4.74 Å². The Morgan fingerprint density at radius 2 is 1.94 bits per heavy atom. The lowest BCUT2D eigenvalue weighted by molar-refractivity contribution is -0.00146. The van der Waals surface area contributed by atoms with E-state index < -0.39 is 0 Å². The standard InChI is InChI=1S/C27H42N2O2/c1-4-6-7-8-9-10-13-21(3)25-14-11-12-15-26(25)28-27(30)31-24-17-22-16-23(18-24)20-29(5-2)19-22/h7-12,15,21-25H,4-6,13-14,16-20H2,1-3H3,(H,28,30)/b8-7-,10-9-/t21?,22-,23+,24?,25?. The van der Waals surface area contributed by atoms with Gasteiger partial charge in [0, 0.05) is 24.7 Å². The molecule has 2 bridgehead atoms. The first-order chi connectivity index (χ1) is 15.1. The van der Waals surface area contributed by atoms with Gasteiger partial charge >= 0.3 is 6.09 Å². The molecule has 1 amide bonds. The highest BCUT2D eigenvalue weighted by Crippen LogP contribution is 2.36. The van der Waals surface area contributed by atoms with E-state index in [0.29, 0.717) is 23.7 Å². The van der Waals surface area contributed by atoms with Crippen LogP contribution in [0.1, 0.15) is 65.7 Å². The van der Waals surface area contributed by atoms with Crippen molar-refractivity contribution >= 4 is 6.09 Å². The molecule has 1 heterocycles. The third kappa shape index (κ3) is 7.38. The Labute approximate surface area is 189 Å². The van der Waals surface area contributed by atoms with Gasteiger partial charge in [-0.2, -0.15) is 0 Å². The van der Waals surface area contributed by atoms with E-state index in [9.17, 15) is 4.79 Å². The van der Waals surface area contributed by atoms with Crippen LogP contribution >= 0.6 is 0 Å². The van der Waals surface area contributed by atoms with E-state index in [1.165, 1.54) is 12.8 Å². The average molecular weight is 427 g/mol. The minimum absolute atomic E-state index is 0.0659. The molecule has 1 N–H and O–H groups in total. The second kappa shape index (κ2) is 12.3. The van der Waals surface area contributed by atoms with Gasteiger partial charge in [-0.3, -0.25) is 5.32 Å². The molecular weight excluding hydrogens is 384 g/mol. The zero-order valence-corrected chi connectivity index (χ0v) is 19.8. The van der Waals surface area contributed by atoms with Crippen molar-refractivity contribution in [3.63, 3.8) is 0 Å². The Hall–Kier alpha value is -1.81. The number of allylic oxidation sites excluding steroid dienone is 8. The smallest absolute Gasteiger partial charge is 0.411 e. The van der Waals surface area contributed by atoms with E-state index in [1.807, 2.05) is 12.2 Å². The second-order valence-electron chi connectivity index (χ2n) is 9.69. The molecule has 2 fully saturated rings. The summed E-state index contributed by atoms with van der Waals surface area (Å²) in [6.45, 7) is 10.1. The fourth-order valence-corrected chi connectivity index (χ4v) is 5.46. The van der Waals surface area contributed by atoms with Crippen molar-refractivity contribution in [1.29, 1.82) is 0 Å². The second-order valence-corrected chi connectivity index (χ2v) is 9.69. The predicted molar refractivity (Wildman–Crippen MR) is 129 cm³/mol. The molecule has 0 aromatic rings. The number of carbonyl (C=O) groups excluding carboxylic acids is 1. The zero-order valence-electron chi connectivity index (χ0n) is 19.8. The molecule has 5 atom stereocenters. The first kappa shape index (κ1) is 23.8. The maximum absolute atomic E-state index is 12.7. The highest BCUT2D eigenvalue weighted by atomic mass is 16.6. The Bertz CT molecular complexity index is 679. The number of ether oxygens (including phenoxy) is 1. The van der Waals surface area contributed by atoms with Crippen molar-refractivity contribution in [1.82, 2.24) is 10.2 Å². The van der Waals surface area contributed by atoms with Gasteiger partial charge in [0.25, 0.3) is 0 Å². The highest BCUT2D eigenvalue weighted by molar-refractivity contribution is 5.70. The van der Waals surface area contributed by atoms with Crippen molar-refractivity contribution in [2.24, 2.45) is 23.7 Å². The summed E-state index contributed by atoms with van der Waals surface area (Å²) in [7, 11) is 0. The number of likely N-dealkylation sites (tertiary alicyclic amines) is 1. The van der Waals surface area contributed by atoms with Crippen LogP contribution in [-0.2, 0) is 4.74 Å². The number of piperidine rings is 1. The lowest BCUT2D eigenvalue weighted by Crippen LogP contribution is -2.47. The predicted octanol–water partition coefficient (Wildman–Crippen LogP) is 6.23. The number of hydrogen-bond donors (Lipinski definition) is 1. The third-order valence-electron chi connectivity index (χ3n) is 7.09. The summed E-state index contributed by atoms with van der Waals surface area (Å²) >= 11 is 0. The molecular formula is C27H42N2O2. The highest BCUT2D eigenvalue weighted by Gasteiger charge is 2.36. The maximum Gasteiger partial charge on any atom is 0.411 e. The van der Waals surface area contributed by atoms with Crippen molar-refractivity contribution in [3.8, 4) is 0 Å². The Kier molecular flexibility index (Phi) is 9.45. The van der Waals surface area contributed by atoms with Gasteiger partial charge in [-0.1, -0.05) is 63.6 Å². The Balaban J connectivity index is 1.48. The van der Waals surface area contributed by atoms with Gasteiger partial charge in [-0.25, -0.2) is 4.79 Å². The van der Waals surface area contributed by atoms with Gasteiger partial charge < -0.3 is 9.64 Å². The van der Waals surface area contributed by atoms with Crippen molar-refractivity contribution in [3.05, 3.63) is 48.2 Å². The fourth-order valence-electron chi connectivity index (χ4n) is 5.46. The number of hydrogen-bond acceptors (Lipinski definition) is 3. The summed E-state index contributed by atoms with van der Waals surface area (Å²) in [6, 6.07) is 0. The number of carbonyl (C=O) groups is 1. The summed E-state index contributed by atoms with van der Waals surface area (Å²) in [4.78, 5) is 15.3. The lowest BCUT2D eigenvalue weighted by Gasteiger charge is -2.43. The molecule has 172 valence electrons. The van der Waals surface area contributed by atoms with Crippen LogP contribution in [-0.4, -0.2) is 36.7 Å². The van der Waals surface area contributed by atoms with Crippen molar-refractivity contribution in [2.75, 3.05) is 19.6 Å². The van der Waals surface area contributed by atoms with Crippen LogP contribution in [0.25, 0.3) is 0 Å². The third-order valence-corrected chi connectivity index (χ3v) is 7.09. The number of amides is 1. The van der Waals surface area contributed by atoms with Crippen molar-refractivity contribution in [2.45, 2.75) is 71.8 Å². The maximum atomic E-state index is 12.7. The number of alkyl carbamates (subject to hydrolysis) is 1. The number of fused-ring (bicyclic) bond motifs is 2. The molecule has 3 unspecified atom stereocenters. The molecule has 1 saturated heterocycles. The molecule has 4 nitrogen and oxygen atoms in total. The molecule has 1 saturated carbocycles. The number of nitrogens with zero attached hydrogens (tertiary/aromatic N) is 1. The van der Waals surface area contributed by atoms with E-state index in [0.717, 1.165) is 57.4 Å². The molecule has 0 radical (unpaired) electrons. The van der Waals surface area contributed by atoms with Crippen molar-refractivity contribution < 1.29 is 9.53 Å². The molecule has 3 aliphatic rings. The monoisotopic (exact) mass is 426 g/mol. The molecule has 0 aromatic carbocycles. The van der Waals surface area contributed by atoms with E-state index in [2.05, 4.69) is 61.4 Å². The van der Waals surface area contributed by atoms with Crippen LogP contribution in [0.3, 0.4) is 0 Å². The van der Waals surface area contributed by atoms with Gasteiger partial charge in [-0.15, -0.1) is 0 Å². The van der Waals surface area contributed by atoms with Crippen LogP contribution in [0.15, 0.2) is 48.2 Å². The zero-order chi connectivity index (χ0) is 22.1. The first-order valence-corrected chi connectivity index (χ1v) is 12.5. The van der Waals surface area contributed by atoms with Gasteiger partial charge in [0.2, 0.25) is 0 Å². The SMILES string of the molecule is CCC/C=C\C=C/CC(C)C1CC=CC=C1NC(=O)OC1C[C@@H]2C[C@H](C1)CN(CC)C2. The van der Waals surface area contributed by atoms with E-state index >= 15 is 0 Å². The topological polar surface area (TPSA) is 41.6 Å². The van der Waals surface area contributed by atoms with E-state index in [-0.39, 0.29) is 12.2 Å². The lowest BCUT2D eigenvalue weighted by atomic mass is 9.76. The normalized spacial score (nSPS) is 29.8. The molecule has 3 rings (SSSR count). The van der Waals surface area contributed by atoms with Gasteiger partial charge in [0.05, 0.1) is 0 Å². The summed E-state index contributed by atoms with van der Waals surface area (Å²) in [5, 5.41) is 3.10. The van der Waals surface area contributed by atoms with Gasteiger partial charge in [0.15, 0.2) is 0 Å². The van der Waals surface area contributed by atoms with Gasteiger partial charge in [0.1, 0.15) is 6.10 Å². The first-order valence-electron chi connectivity index (χ1n) is 12.5. The number of nitrogens with one attached hydrogen (secondary N) is 1. The van der Waals surface area contributed by atoms with Crippen LogP contribution < -0.4 is 5.32 Å². The number of unbranched alkanes of at least 4 members (excludes halogenated alkanes) is 1. The summed E-state index contributed by atoms with van der Waals surface area (Å²) in [6.07, 6.45) is 22.4. The summed E-state index contributed by atoms with van der Waals surface area (Å²) < 4.78 is 5.91. The molecule has 0 aromatic heterocycles. The molecule has 2 aliphatic carbocycles. The largest absolute Gasteiger partial charge is 0.446 e. The average Bonchev–Trinajstić information content (AvgIpc) is 2.75. The minimum Gasteiger partial charge on any atom is -0.446 e. The molecule has 4 heteroatoms. The van der Waals surface area contributed by atoms with Crippen LogP contribution in [0.5, 0.6) is 0 Å². The van der Waals surface area contributed by atoms with Crippen LogP contribution in [0.2, 0.25) is 0 Å². The summed E-state index contributed by atoms with van der Waals surface area (Å²) in [5.41, 5.74) is 1.00. The molecule has 1 aliphatic heterocycles. The molecule has 31 heavy (non-hydrogen) atoms. The van der Waals surface area contributed by atoms with Crippen LogP contribution in [0, 0.1) is 23.7 Å². The van der Waals surface area contributed by atoms with Crippen LogP contribution in [0.4, 0.5) is 4.79 Å². The summed E-state index contributed by atoms with van der Waals surface area (Å²) in [5.74, 6) is 2.13. The fraction of sp³-hybridized carbons (Fsp3) is 0.667. The van der Waals surface area contributed by atoms with Gasteiger partial charge in [-0.05, 0) is 68.9 Å². The molecule has 0 spiro atoms. The number of rotatable bonds is 9. The minimum atomic E-state index is -0.269. The van der Waals surface area contributed by atoms with E-state index in [1.54, 1.807) is 0 Å². The quantitative estimate of drug-likeness (QED) is 0.444. The Morgan fingerprint density at radius 1 is 1.19 bits per heavy atom.